The van der Waals surface area contributed by atoms with Gasteiger partial charge in [-0.3, -0.25) is 0 Å². The van der Waals surface area contributed by atoms with E-state index in [1.165, 1.54) is 0 Å². The second-order valence-electron chi connectivity index (χ2n) is 4.40. The number of carbonyl (C=O) groups excluding carboxylic acids is 1. The normalized spacial score (nSPS) is 24.6. The average molecular weight is 260 g/mol. The van der Waals surface area contributed by atoms with E-state index in [1.54, 1.807) is 0 Å². The lowest BCUT2D eigenvalue weighted by molar-refractivity contribution is -0.146. The molecular formula is C11H20N2O5. The molecule has 0 aliphatic carbocycles. The summed E-state index contributed by atoms with van der Waals surface area (Å²) in [6, 6.07) is -0.355. The maximum atomic E-state index is 11.4. The molecule has 0 radical (unpaired) electrons. The number of urea groups is 1. The van der Waals surface area contributed by atoms with E-state index in [2.05, 4.69) is 10.6 Å². The van der Waals surface area contributed by atoms with E-state index in [0.29, 0.717) is 12.5 Å². The van der Waals surface area contributed by atoms with Gasteiger partial charge in [0.05, 0.1) is 6.10 Å². The van der Waals surface area contributed by atoms with Gasteiger partial charge in [0, 0.05) is 32.0 Å². The smallest absolute Gasteiger partial charge is 0.332 e. The third-order valence-electron chi connectivity index (χ3n) is 3.05. The molecule has 1 rings (SSSR count). The van der Waals surface area contributed by atoms with Gasteiger partial charge in [0.2, 0.25) is 0 Å². The Balaban J connectivity index is 2.08. The van der Waals surface area contributed by atoms with Crippen molar-refractivity contribution in [1.29, 1.82) is 0 Å². The summed E-state index contributed by atoms with van der Waals surface area (Å²) in [4.78, 5) is 21.7. The first kappa shape index (κ1) is 14.7. The highest BCUT2D eigenvalue weighted by molar-refractivity contribution is 5.74. The van der Waals surface area contributed by atoms with Crippen molar-refractivity contribution in [2.24, 2.45) is 5.92 Å². The highest BCUT2D eigenvalue weighted by Crippen LogP contribution is 2.18. The van der Waals surface area contributed by atoms with Crippen LogP contribution in [0, 0.1) is 5.92 Å². The van der Waals surface area contributed by atoms with E-state index < -0.39 is 12.1 Å². The fourth-order valence-electron chi connectivity index (χ4n) is 1.78. The van der Waals surface area contributed by atoms with Crippen LogP contribution >= 0.6 is 0 Å². The van der Waals surface area contributed by atoms with Gasteiger partial charge < -0.3 is 25.6 Å². The summed E-state index contributed by atoms with van der Waals surface area (Å²) in [7, 11) is 0. The van der Waals surface area contributed by atoms with Crippen molar-refractivity contribution in [3.05, 3.63) is 0 Å². The van der Waals surface area contributed by atoms with Crippen molar-refractivity contribution >= 4 is 12.0 Å². The van der Waals surface area contributed by atoms with Gasteiger partial charge in [0.1, 0.15) is 0 Å². The monoisotopic (exact) mass is 260 g/mol. The number of aliphatic hydroxyl groups is 1. The number of aliphatic hydroxyl groups excluding tert-OH is 1. The molecule has 2 unspecified atom stereocenters. The zero-order valence-corrected chi connectivity index (χ0v) is 10.4. The van der Waals surface area contributed by atoms with Gasteiger partial charge in [-0.1, -0.05) is 0 Å². The minimum absolute atomic E-state index is 0.00824. The van der Waals surface area contributed by atoms with Gasteiger partial charge >= 0.3 is 12.0 Å². The average Bonchev–Trinajstić information content (AvgIpc) is 2.72. The summed E-state index contributed by atoms with van der Waals surface area (Å²) < 4.78 is 5.37. The van der Waals surface area contributed by atoms with Gasteiger partial charge in [-0.2, -0.15) is 0 Å². The lowest BCUT2D eigenvalue weighted by Gasteiger charge is -2.15. The number of carbonyl (C=O) groups is 2. The van der Waals surface area contributed by atoms with E-state index >= 15 is 0 Å². The summed E-state index contributed by atoms with van der Waals surface area (Å²) in [6.07, 6.45) is -0.363. The minimum Gasteiger partial charge on any atom is -0.479 e. The Labute approximate surface area is 106 Å². The molecule has 0 aromatic heterocycles. The fourth-order valence-corrected chi connectivity index (χ4v) is 1.78. The van der Waals surface area contributed by atoms with Crippen LogP contribution in [0.4, 0.5) is 4.79 Å². The number of amides is 2. The molecule has 2 amide bonds. The molecule has 1 fully saturated rings. The van der Waals surface area contributed by atoms with Gasteiger partial charge in [-0.25, -0.2) is 9.59 Å². The molecule has 0 aromatic carbocycles. The van der Waals surface area contributed by atoms with Crippen molar-refractivity contribution in [3.8, 4) is 0 Å². The number of hydrogen-bond donors (Lipinski definition) is 4. The lowest BCUT2D eigenvalue weighted by Crippen LogP contribution is -2.40. The Morgan fingerprint density at radius 3 is 2.72 bits per heavy atom. The van der Waals surface area contributed by atoms with E-state index in [4.69, 9.17) is 14.9 Å². The SMILES string of the molecule is CC1OCCC1CNC(=O)NCC[C@H](O)C(=O)O. The van der Waals surface area contributed by atoms with E-state index in [9.17, 15) is 9.59 Å². The third kappa shape index (κ3) is 4.89. The summed E-state index contributed by atoms with van der Waals surface area (Å²) in [5.74, 6) is -0.963. The topological polar surface area (TPSA) is 108 Å². The van der Waals surface area contributed by atoms with Crippen LogP contribution in [0.25, 0.3) is 0 Å². The number of carboxylic acids is 1. The number of ether oxygens (including phenoxy) is 1. The first-order valence-corrected chi connectivity index (χ1v) is 6.05. The van der Waals surface area contributed by atoms with Crippen molar-refractivity contribution in [1.82, 2.24) is 10.6 Å². The third-order valence-corrected chi connectivity index (χ3v) is 3.05. The number of carboxylic acid groups (broad SMARTS) is 1. The zero-order chi connectivity index (χ0) is 13.5. The van der Waals surface area contributed by atoms with Crippen LogP contribution in [0.5, 0.6) is 0 Å². The van der Waals surface area contributed by atoms with Crippen LogP contribution in [0.3, 0.4) is 0 Å². The highest BCUT2D eigenvalue weighted by atomic mass is 16.5. The van der Waals surface area contributed by atoms with Crippen molar-refractivity contribution in [2.45, 2.75) is 32.0 Å². The van der Waals surface area contributed by atoms with E-state index in [-0.39, 0.29) is 25.1 Å². The summed E-state index contributed by atoms with van der Waals surface area (Å²) in [5, 5.41) is 22.6. The van der Waals surface area contributed by atoms with Gasteiger partial charge in [0.15, 0.2) is 6.10 Å². The predicted octanol–water partition coefficient (Wildman–Crippen LogP) is -0.454. The molecule has 104 valence electrons. The van der Waals surface area contributed by atoms with Crippen molar-refractivity contribution in [2.75, 3.05) is 19.7 Å². The molecule has 0 bridgehead atoms. The molecular weight excluding hydrogens is 240 g/mol. The Morgan fingerprint density at radius 1 is 1.44 bits per heavy atom. The second-order valence-corrected chi connectivity index (χ2v) is 4.40. The van der Waals surface area contributed by atoms with Crippen LogP contribution in [-0.4, -0.2) is 54.1 Å². The summed E-state index contributed by atoms with van der Waals surface area (Å²) in [5.41, 5.74) is 0. The molecule has 18 heavy (non-hydrogen) atoms. The molecule has 0 aromatic rings. The molecule has 0 saturated carbocycles. The maximum Gasteiger partial charge on any atom is 0.332 e. The molecule has 7 nitrogen and oxygen atoms in total. The molecule has 0 spiro atoms. The van der Waals surface area contributed by atoms with Crippen LogP contribution in [0.1, 0.15) is 19.8 Å². The molecule has 1 aliphatic heterocycles. The van der Waals surface area contributed by atoms with Crippen LogP contribution in [-0.2, 0) is 9.53 Å². The molecule has 1 saturated heterocycles. The van der Waals surface area contributed by atoms with E-state index in [1.807, 2.05) is 6.92 Å². The summed E-state index contributed by atoms with van der Waals surface area (Å²) >= 11 is 0. The highest BCUT2D eigenvalue weighted by Gasteiger charge is 2.24. The van der Waals surface area contributed by atoms with Crippen LogP contribution < -0.4 is 10.6 Å². The zero-order valence-electron chi connectivity index (χ0n) is 10.4. The standard InChI is InChI=1S/C11H20N2O5/c1-7-8(3-5-18-7)6-13-11(17)12-4-2-9(14)10(15)16/h7-9,14H,2-6H2,1H3,(H,15,16)(H2,12,13,17)/t7?,8?,9-/m0/s1. The Kier molecular flexibility index (Phi) is 5.87. The summed E-state index contributed by atoms with van der Waals surface area (Å²) in [6.45, 7) is 3.35. The second kappa shape index (κ2) is 7.17. The van der Waals surface area contributed by atoms with Crippen molar-refractivity contribution in [3.63, 3.8) is 0 Å². The van der Waals surface area contributed by atoms with Crippen LogP contribution in [0.15, 0.2) is 0 Å². The minimum atomic E-state index is -1.44. The molecule has 4 N–H and O–H groups in total. The first-order valence-electron chi connectivity index (χ1n) is 6.05. The quantitative estimate of drug-likeness (QED) is 0.517. The number of rotatable bonds is 6. The number of nitrogens with one attached hydrogen (secondary N) is 2. The maximum absolute atomic E-state index is 11.4. The van der Waals surface area contributed by atoms with Gasteiger partial charge in [-0.05, 0) is 13.3 Å². The fraction of sp³-hybridized carbons (Fsp3) is 0.818. The van der Waals surface area contributed by atoms with E-state index in [0.717, 1.165) is 13.0 Å². The van der Waals surface area contributed by atoms with Crippen molar-refractivity contribution < 1.29 is 24.5 Å². The Hall–Kier alpha value is -1.34. The molecule has 3 atom stereocenters. The number of aliphatic carboxylic acids is 1. The molecule has 1 aliphatic rings. The lowest BCUT2D eigenvalue weighted by atomic mass is 10.0. The Bertz CT molecular complexity index is 297. The number of hydrogen-bond acceptors (Lipinski definition) is 4. The molecule has 1 heterocycles. The Morgan fingerprint density at radius 2 is 2.17 bits per heavy atom. The van der Waals surface area contributed by atoms with Gasteiger partial charge in [-0.15, -0.1) is 0 Å². The largest absolute Gasteiger partial charge is 0.479 e. The molecule has 7 heteroatoms. The van der Waals surface area contributed by atoms with Crippen LogP contribution in [0.2, 0.25) is 0 Å². The first-order chi connectivity index (χ1) is 8.50. The predicted molar refractivity (Wildman–Crippen MR) is 63.2 cm³/mol. The van der Waals surface area contributed by atoms with Gasteiger partial charge in [0.25, 0.3) is 0 Å².